The third kappa shape index (κ3) is 4.83. The van der Waals surface area contributed by atoms with Crippen molar-refractivity contribution in [2.24, 2.45) is 0 Å². The fourth-order valence-electron chi connectivity index (χ4n) is 9.40. The summed E-state index contributed by atoms with van der Waals surface area (Å²) in [6.45, 7) is 4.49. The van der Waals surface area contributed by atoms with Gasteiger partial charge < -0.3 is 0 Å². The molecule has 0 amide bonds. The fourth-order valence-corrected chi connectivity index (χ4v) is 10.6. The molecule has 0 aliphatic heterocycles. The smallest absolute Gasteiger partial charge is 0.0434 e. The number of thiophene rings is 1. The molecule has 0 bridgehead atoms. The van der Waals surface area contributed by atoms with E-state index in [2.05, 4.69) is 196 Å². The quantitative estimate of drug-likeness (QED) is 0.159. The van der Waals surface area contributed by atoms with Crippen molar-refractivity contribution >= 4 is 74.6 Å². The van der Waals surface area contributed by atoms with E-state index in [4.69, 9.17) is 0 Å². The van der Waals surface area contributed by atoms with Crippen LogP contribution in [0.25, 0.3) is 108 Å². The van der Waals surface area contributed by atoms with Gasteiger partial charge in [-0.25, -0.2) is 0 Å². The third-order valence-corrected chi connectivity index (χ3v) is 12.9. The van der Waals surface area contributed by atoms with Crippen LogP contribution in [0.4, 0.5) is 0 Å². The van der Waals surface area contributed by atoms with Crippen LogP contribution in [0.2, 0.25) is 0 Å². The highest BCUT2D eigenvalue weighted by Gasteiger charge is 2.22. The van der Waals surface area contributed by atoms with Crippen molar-refractivity contribution < 1.29 is 0 Å². The largest absolute Gasteiger partial charge is 0.135 e. The van der Waals surface area contributed by atoms with Crippen molar-refractivity contribution in [1.29, 1.82) is 0 Å². The zero-order valence-electron chi connectivity index (χ0n) is 30.7. The topological polar surface area (TPSA) is 0 Å². The van der Waals surface area contributed by atoms with Gasteiger partial charge in [0, 0.05) is 25.7 Å². The van der Waals surface area contributed by atoms with Crippen LogP contribution in [-0.4, -0.2) is 0 Å². The maximum atomic E-state index is 2.45. The van der Waals surface area contributed by atoms with Crippen LogP contribution in [0.15, 0.2) is 182 Å². The molecule has 0 N–H and O–H groups in total. The molecule has 10 aromatic carbocycles. The summed E-state index contributed by atoms with van der Waals surface area (Å²) >= 11 is 1.92. The van der Waals surface area contributed by atoms with Crippen molar-refractivity contribution in [3.05, 3.63) is 193 Å². The average molecular weight is 717 g/mol. The summed E-state index contributed by atoms with van der Waals surface area (Å²) in [5, 5.41) is 12.9. The maximum absolute atomic E-state index is 2.45. The molecule has 0 spiro atoms. The predicted octanol–water partition coefficient (Wildman–Crippen LogP) is 16.0. The molecule has 1 aromatic heterocycles. The second-order valence-corrected chi connectivity index (χ2v) is 15.9. The molecule has 0 radical (unpaired) electrons. The molecule has 11 rings (SSSR count). The van der Waals surface area contributed by atoms with Crippen molar-refractivity contribution in [1.82, 2.24) is 0 Å². The summed E-state index contributed by atoms with van der Waals surface area (Å²) in [6.07, 6.45) is 0. The van der Waals surface area contributed by atoms with Gasteiger partial charge in [0.2, 0.25) is 0 Å². The minimum atomic E-state index is 1.25. The SMILES string of the molecule is Cc1cccc(C)c1-c1c2ccccc2c(-c2cccc3c2sc2ccc(-c4c5ccccc5c(-c5ccccc5)c5ccccc45)cc23)c2ccccc12. The van der Waals surface area contributed by atoms with E-state index in [-0.39, 0.29) is 0 Å². The molecular formula is C54H36S. The lowest BCUT2D eigenvalue weighted by molar-refractivity contribution is 1.39. The van der Waals surface area contributed by atoms with E-state index in [0.29, 0.717) is 0 Å². The van der Waals surface area contributed by atoms with Gasteiger partial charge in [-0.3, -0.25) is 0 Å². The molecule has 55 heavy (non-hydrogen) atoms. The highest BCUT2D eigenvalue weighted by molar-refractivity contribution is 7.26. The summed E-state index contributed by atoms with van der Waals surface area (Å²) in [6, 6.07) is 67.6. The van der Waals surface area contributed by atoms with Gasteiger partial charge in [-0.15, -0.1) is 11.3 Å². The van der Waals surface area contributed by atoms with E-state index < -0.39 is 0 Å². The van der Waals surface area contributed by atoms with E-state index >= 15 is 0 Å². The second kappa shape index (κ2) is 12.5. The molecule has 0 fully saturated rings. The monoisotopic (exact) mass is 716 g/mol. The fraction of sp³-hybridized carbons (Fsp3) is 0.0370. The Morgan fingerprint density at radius 3 is 1.27 bits per heavy atom. The first-order valence-electron chi connectivity index (χ1n) is 19.1. The molecule has 0 saturated heterocycles. The average Bonchev–Trinajstić information content (AvgIpc) is 3.61. The van der Waals surface area contributed by atoms with Crippen LogP contribution in [0, 0.1) is 13.8 Å². The van der Waals surface area contributed by atoms with Gasteiger partial charge in [0.05, 0.1) is 0 Å². The highest BCUT2D eigenvalue weighted by Crippen LogP contribution is 2.50. The van der Waals surface area contributed by atoms with Crippen molar-refractivity contribution in [3.8, 4) is 44.5 Å². The number of benzene rings is 10. The molecule has 0 unspecified atom stereocenters. The summed E-state index contributed by atoms with van der Waals surface area (Å²) < 4.78 is 2.64. The van der Waals surface area contributed by atoms with Crippen LogP contribution in [0.1, 0.15) is 11.1 Å². The van der Waals surface area contributed by atoms with E-state index in [1.165, 1.54) is 119 Å². The lowest BCUT2D eigenvalue weighted by atomic mass is 9.83. The Labute approximate surface area is 324 Å². The van der Waals surface area contributed by atoms with Crippen molar-refractivity contribution in [2.45, 2.75) is 13.8 Å². The Morgan fingerprint density at radius 2 is 0.727 bits per heavy atom. The Morgan fingerprint density at radius 1 is 0.291 bits per heavy atom. The zero-order chi connectivity index (χ0) is 36.6. The highest BCUT2D eigenvalue weighted by atomic mass is 32.1. The van der Waals surface area contributed by atoms with E-state index in [1.807, 2.05) is 11.3 Å². The molecule has 1 heteroatoms. The van der Waals surface area contributed by atoms with Gasteiger partial charge in [0.1, 0.15) is 0 Å². The van der Waals surface area contributed by atoms with Crippen LogP contribution in [0.5, 0.6) is 0 Å². The molecule has 258 valence electrons. The third-order valence-electron chi connectivity index (χ3n) is 11.7. The number of hydrogen-bond donors (Lipinski definition) is 0. The summed E-state index contributed by atoms with van der Waals surface area (Å²) in [7, 11) is 0. The molecule has 0 saturated carbocycles. The lowest BCUT2D eigenvalue weighted by Gasteiger charge is -2.20. The summed E-state index contributed by atoms with van der Waals surface area (Å²) in [5.41, 5.74) is 13.0. The van der Waals surface area contributed by atoms with E-state index in [1.54, 1.807) is 0 Å². The zero-order valence-corrected chi connectivity index (χ0v) is 31.5. The number of rotatable bonds is 4. The predicted molar refractivity (Wildman–Crippen MR) is 241 cm³/mol. The Hall–Kier alpha value is -6.54. The van der Waals surface area contributed by atoms with Crippen LogP contribution >= 0.6 is 11.3 Å². The molecular weight excluding hydrogens is 681 g/mol. The first-order valence-corrected chi connectivity index (χ1v) is 19.9. The number of aryl methyl sites for hydroxylation is 2. The molecule has 0 aliphatic rings. The van der Waals surface area contributed by atoms with Gasteiger partial charge in [-0.1, -0.05) is 170 Å². The molecule has 0 nitrogen and oxygen atoms in total. The first-order chi connectivity index (χ1) is 27.2. The first kappa shape index (κ1) is 31.9. The van der Waals surface area contributed by atoms with Gasteiger partial charge in [0.15, 0.2) is 0 Å². The number of fused-ring (bicyclic) bond motifs is 7. The second-order valence-electron chi connectivity index (χ2n) is 14.8. The van der Waals surface area contributed by atoms with Crippen LogP contribution in [0.3, 0.4) is 0 Å². The minimum absolute atomic E-state index is 1.25. The van der Waals surface area contributed by atoms with Gasteiger partial charge in [-0.2, -0.15) is 0 Å². The molecule has 0 atom stereocenters. The summed E-state index contributed by atoms with van der Waals surface area (Å²) in [4.78, 5) is 0. The van der Waals surface area contributed by atoms with E-state index in [0.717, 1.165) is 0 Å². The van der Waals surface area contributed by atoms with E-state index in [9.17, 15) is 0 Å². The maximum Gasteiger partial charge on any atom is 0.0434 e. The Kier molecular flexibility index (Phi) is 7.27. The van der Waals surface area contributed by atoms with Crippen molar-refractivity contribution in [3.63, 3.8) is 0 Å². The minimum Gasteiger partial charge on any atom is -0.135 e. The van der Waals surface area contributed by atoms with Gasteiger partial charge >= 0.3 is 0 Å². The van der Waals surface area contributed by atoms with Gasteiger partial charge in [-0.05, 0) is 119 Å². The molecule has 0 aliphatic carbocycles. The van der Waals surface area contributed by atoms with Crippen LogP contribution < -0.4 is 0 Å². The summed E-state index contributed by atoms with van der Waals surface area (Å²) in [5.74, 6) is 0. The standard InChI is InChI=1S/C54H36S/c1-33-16-14-17-34(2)49(33)53-43-26-12-10-24-41(43)52(42-25-11-13-27-44(42)53)46-29-15-28-45-47-32-36(30-31-48(47)55-54(45)46)51-39-22-8-6-20-37(39)50(35-18-4-3-5-19-35)38-21-7-9-23-40(38)51/h3-32H,1-2H3. The Bertz CT molecular complexity index is 3190. The van der Waals surface area contributed by atoms with Crippen LogP contribution in [-0.2, 0) is 0 Å². The normalized spacial score (nSPS) is 11.8. The molecule has 11 aromatic rings. The number of hydrogen-bond acceptors (Lipinski definition) is 1. The molecule has 1 heterocycles. The van der Waals surface area contributed by atoms with Gasteiger partial charge in [0.25, 0.3) is 0 Å². The Balaban J connectivity index is 1.18. The lowest BCUT2D eigenvalue weighted by Crippen LogP contribution is -1.94. The van der Waals surface area contributed by atoms with Crippen molar-refractivity contribution in [2.75, 3.05) is 0 Å².